The monoisotopic (exact) mass is 310 g/mol. The van der Waals surface area contributed by atoms with Crippen molar-refractivity contribution in [3.63, 3.8) is 0 Å². The van der Waals surface area contributed by atoms with Gasteiger partial charge in [-0.1, -0.05) is 18.4 Å². The fraction of sp³-hybridized carbons (Fsp3) is 0.588. The van der Waals surface area contributed by atoms with Gasteiger partial charge >= 0.3 is 0 Å². The van der Waals surface area contributed by atoms with E-state index in [2.05, 4.69) is 30.0 Å². The van der Waals surface area contributed by atoms with Crippen LogP contribution in [0.3, 0.4) is 0 Å². The molecule has 1 heterocycles. The fourth-order valence-electron chi connectivity index (χ4n) is 2.92. The molecule has 118 valence electrons. The second-order valence-corrected chi connectivity index (χ2v) is 5.85. The van der Waals surface area contributed by atoms with Crippen molar-refractivity contribution in [2.24, 2.45) is 0 Å². The Morgan fingerprint density at radius 1 is 1.10 bits per heavy atom. The summed E-state index contributed by atoms with van der Waals surface area (Å²) in [5, 5.41) is 0. The minimum absolute atomic E-state index is 0. The van der Waals surface area contributed by atoms with Gasteiger partial charge in [0.15, 0.2) is 0 Å². The molecule has 1 aromatic rings. The van der Waals surface area contributed by atoms with Crippen molar-refractivity contribution in [2.75, 3.05) is 27.7 Å². The molecule has 21 heavy (non-hydrogen) atoms. The quantitative estimate of drug-likeness (QED) is 0.834. The van der Waals surface area contributed by atoms with E-state index in [-0.39, 0.29) is 12.4 Å². The summed E-state index contributed by atoms with van der Waals surface area (Å²) in [5.74, 6) is 0.848. The third-order valence-electron chi connectivity index (χ3n) is 3.89. The summed E-state index contributed by atoms with van der Waals surface area (Å²) in [5.41, 5.74) is 4.30. The lowest BCUT2D eigenvalue weighted by atomic mass is 9.89. The molecular weight excluding hydrogens is 284 g/mol. The number of ether oxygens (including phenoxy) is 1. The number of hydrogen-bond donors (Lipinski definition) is 0. The van der Waals surface area contributed by atoms with Crippen LogP contribution in [0.2, 0.25) is 0 Å². The molecular formula is C17H27ClN2O. The standard InChI is InChI=1S/C17H26N2O.ClH/c1-19(2)13-14-8-6-4-5-7-9-17(14)15-10-16(20-3)12-18-11-15;/h10-12H,4-9,13H2,1-3H3;1H/b17-14-;. The SMILES string of the molecule is COc1cncc(/C2=C(\CN(C)C)CCCCCC2)c1.Cl. The fourth-order valence-corrected chi connectivity index (χ4v) is 2.92. The maximum atomic E-state index is 5.32. The molecule has 0 bridgehead atoms. The molecule has 0 atom stereocenters. The minimum Gasteiger partial charge on any atom is -0.495 e. The van der Waals surface area contributed by atoms with Crippen LogP contribution < -0.4 is 4.74 Å². The van der Waals surface area contributed by atoms with E-state index < -0.39 is 0 Å². The molecule has 0 spiro atoms. The van der Waals surface area contributed by atoms with Crippen LogP contribution in [0.5, 0.6) is 5.75 Å². The Kier molecular flexibility index (Phi) is 7.76. The molecule has 0 radical (unpaired) electrons. The van der Waals surface area contributed by atoms with Crippen LogP contribution >= 0.6 is 12.4 Å². The van der Waals surface area contributed by atoms with Crippen LogP contribution in [0.15, 0.2) is 24.0 Å². The van der Waals surface area contributed by atoms with Gasteiger partial charge in [-0.25, -0.2) is 0 Å². The van der Waals surface area contributed by atoms with Gasteiger partial charge in [0.25, 0.3) is 0 Å². The lowest BCUT2D eigenvalue weighted by molar-refractivity contribution is 0.412. The van der Waals surface area contributed by atoms with Gasteiger partial charge in [-0.15, -0.1) is 12.4 Å². The number of halogens is 1. The zero-order chi connectivity index (χ0) is 14.4. The summed E-state index contributed by atoms with van der Waals surface area (Å²) >= 11 is 0. The van der Waals surface area contributed by atoms with Crippen LogP contribution in [0.4, 0.5) is 0 Å². The van der Waals surface area contributed by atoms with Gasteiger partial charge in [-0.2, -0.15) is 0 Å². The van der Waals surface area contributed by atoms with Crippen molar-refractivity contribution in [3.05, 3.63) is 29.6 Å². The van der Waals surface area contributed by atoms with Crippen molar-refractivity contribution < 1.29 is 4.74 Å². The topological polar surface area (TPSA) is 25.4 Å². The second kappa shape index (κ2) is 9.06. The summed E-state index contributed by atoms with van der Waals surface area (Å²) in [6, 6.07) is 2.12. The molecule has 0 aliphatic heterocycles. The Morgan fingerprint density at radius 2 is 1.81 bits per heavy atom. The van der Waals surface area contributed by atoms with Gasteiger partial charge in [0.1, 0.15) is 5.75 Å². The lowest BCUT2D eigenvalue weighted by Crippen LogP contribution is -2.17. The van der Waals surface area contributed by atoms with Gasteiger partial charge in [-0.05, 0) is 57.0 Å². The zero-order valence-electron chi connectivity index (χ0n) is 13.4. The average Bonchev–Trinajstić information content (AvgIpc) is 2.42. The van der Waals surface area contributed by atoms with Crippen molar-refractivity contribution in [1.29, 1.82) is 0 Å². The predicted octanol–water partition coefficient (Wildman–Crippen LogP) is 4.18. The number of nitrogens with zero attached hydrogens (tertiary/aromatic N) is 2. The van der Waals surface area contributed by atoms with Crippen LogP contribution in [0.25, 0.3) is 5.57 Å². The minimum atomic E-state index is 0. The van der Waals surface area contributed by atoms with Gasteiger partial charge in [0.2, 0.25) is 0 Å². The molecule has 0 amide bonds. The van der Waals surface area contributed by atoms with E-state index in [0.717, 1.165) is 18.7 Å². The van der Waals surface area contributed by atoms with E-state index in [1.54, 1.807) is 18.9 Å². The molecule has 2 rings (SSSR count). The molecule has 3 nitrogen and oxygen atoms in total. The molecule has 0 N–H and O–H groups in total. The molecule has 0 fully saturated rings. The zero-order valence-corrected chi connectivity index (χ0v) is 14.2. The second-order valence-electron chi connectivity index (χ2n) is 5.85. The predicted molar refractivity (Wildman–Crippen MR) is 91.2 cm³/mol. The Hall–Kier alpha value is -1.06. The van der Waals surface area contributed by atoms with E-state index >= 15 is 0 Å². The molecule has 1 aliphatic carbocycles. The largest absolute Gasteiger partial charge is 0.495 e. The van der Waals surface area contributed by atoms with E-state index in [9.17, 15) is 0 Å². The van der Waals surface area contributed by atoms with E-state index in [1.807, 2.05) is 6.20 Å². The highest BCUT2D eigenvalue weighted by atomic mass is 35.5. The molecule has 0 aromatic carbocycles. The van der Waals surface area contributed by atoms with Crippen molar-refractivity contribution in [2.45, 2.75) is 38.5 Å². The number of aromatic nitrogens is 1. The average molecular weight is 311 g/mol. The van der Waals surface area contributed by atoms with Gasteiger partial charge in [-0.3, -0.25) is 4.98 Å². The maximum Gasteiger partial charge on any atom is 0.137 e. The van der Waals surface area contributed by atoms with Crippen molar-refractivity contribution in [1.82, 2.24) is 9.88 Å². The first-order chi connectivity index (χ1) is 9.70. The molecule has 1 aromatic heterocycles. The van der Waals surface area contributed by atoms with Crippen molar-refractivity contribution in [3.8, 4) is 5.75 Å². The highest BCUT2D eigenvalue weighted by molar-refractivity contribution is 5.85. The lowest BCUT2D eigenvalue weighted by Gasteiger charge is -2.21. The number of methoxy groups -OCH3 is 1. The summed E-state index contributed by atoms with van der Waals surface area (Å²) in [6.07, 6.45) is 11.4. The molecule has 0 saturated heterocycles. The van der Waals surface area contributed by atoms with Crippen molar-refractivity contribution >= 4 is 18.0 Å². The first-order valence-corrected chi connectivity index (χ1v) is 7.55. The number of allylic oxidation sites excluding steroid dienone is 1. The van der Waals surface area contributed by atoms with Crippen LogP contribution in [-0.2, 0) is 0 Å². The Morgan fingerprint density at radius 3 is 2.48 bits per heavy atom. The number of hydrogen-bond acceptors (Lipinski definition) is 3. The molecule has 0 saturated carbocycles. The number of pyridine rings is 1. The van der Waals surface area contributed by atoms with Gasteiger partial charge in [0, 0.05) is 12.7 Å². The molecule has 1 aliphatic rings. The van der Waals surface area contributed by atoms with E-state index in [4.69, 9.17) is 4.74 Å². The Bertz CT molecular complexity index is 472. The van der Waals surface area contributed by atoms with E-state index in [0.29, 0.717) is 0 Å². The molecule has 0 unspecified atom stereocenters. The van der Waals surface area contributed by atoms with E-state index in [1.165, 1.54) is 43.2 Å². The van der Waals surface area contributed by atoms with Gasteiger partial charge in [0.05, 0.1) is 13.3 Å². The normalized spacial score (nSPS) is 19.6. The maximum absolute atomic E-state index is 5.32. The summed E-state index contributed by atoms with van der Waals surface area (Å²) < 4.78 is 5.32. The Balaban J connectivity index is 0.00000220. The number of likely N-dealkylation sites (N-methyl/N-ethyl adjacent to an activating group) is 1. The third kappa shape index (κ3) is 5.33. The van der Waals surface area contributed by atoms with Crippen LogP contribution in [0, 0.1) is 0 Å². The summed E-state index contributed by atoms with van der Waals surface area (Å²) in [7, 11) is 5.99. The van der Waals surface area contributed by atoms with Crippen LogP contribution in [0.1, 0.15) is 44.1 Å². The first kappa shape index (κ1) is 18.0. The summed E-state index contributed by atoms with van der Waals surface area (Å²) in [4.78, 5) is 6.59. The number of rotatable bonds is 4. The van der Waals surface area contributed by atoms with Crippen LogP contribution in [-0.4, -0.2) is 37.6 Å². The Labute approximate surface area is 134 Å². The highest BCUT2D eigenvalue weighted by Crippen LogP contribution is 2.31. The smallest absolute Gasteiger partial charge is 0.137 e. The van der Waals surface area contributed by atoms with Gasteiger partial charge < -0.3 is 9.64 Å². The third-order valence-corrected chi connectivity index (χ3v) is 3.89. The summed E-state index contributed by atoms with van der Waals surface area (Å²) in [6.45, 7) is 1.05. The molecule has 4 heteroatoms. The first-order valence-electron chi connectivity index (χ1n) is 7.55. The highest BCUT2D eigenvalue weighted by Gasteiger charge is 2.14.